The van der Waals surface area contributed by atoms with Crippen LogP contribution in [0.3, 0.4) is 0 Å². The van der Waals surface area contributed by atoms with Gasteiger partial charge < -0.3 is 11.1 Å². The summed E-state index contributed by atoms with van der Waals surface area (Å²) < 4.78 is 1.96. The van der Waals surface area contributed by atoms with Crippen molar-refractivity contribution < 1.29 is 4.79 Å². The van der Waals surface area contributed by atoms with Gasteiger partial charge in [0.2, 0.25) is 5.91 Å². The Kier molecular flexibility index (Phi) is 5.58. The number of nitrogens with one attached hydrogen (secondary N) is 1. The number of carbonyl (C=O) groups is 1. The number of hydrogen-bond acceptors (Lipinski definition) is 3. The van der Waals surface area contributed by atoms with Crippen LogP contribution in [0.2, 0.25) is 0 Å². The van der Waals surface area contributed by atoms with Gasteiger partial charge in [-0.3, -0.25) is 9.48 Å². The van der Waals surface area contributed by atoms with Crippen molar-refractivity contribution >= 4 is 34.9 Å². The quantitative estimate of drug-likeness (QED) is 0.845. The van der Waals surface area contributed by atoms with E-state index >= 15 is 0 Å². The maximum atomic E-state index is 12.8. The number of fused-ring (bicyclic) bond motifs is 3. The van der Waals surface area contributed by atoms with E-state index in [0.717, 1.165) is 29.4 Å². The van der Waals surface area contributed by atoms with E-state index in [9.17, 15) is 4.79 Å². The average molecular weight is 377 g/mol. The van der Waals surface area contributed by atoms with Crippen molar-refractivity contribution in [1.29, 1.82) is 0 Å². The largest absolute Gasteiger partial charge is 0.327 e. The number of nitrogens with zero attached hydrogens (tertiary/aromatic N) is 2. The van der Waals surface area contributed by atoms with Crippen LogP contribution in [0.1, 0.15) is 52.0 Å². The molecule has 2 aliphatic rings. The molecule has 1 aromatic heterocycles. The number of halogens is 1. The lowest BCUT2D eigenvalue weighted by atomic mass is 9.65. The van der Waals surface area contributed by atoms with Gasteiger partial charge in [0.1, 0.15) is 0 Å². The fourth-order valence-corrected chi connectivity index (χ4v) is 4.63. The number of amides is 1. The second-order valence-corrected chi connectivity index (χ2v) is 8.16. The number of anilines is 1. The van der Waals surface area contributed by atoms with Crippen LogP contribution in [0.4, 0.5) is 5.69 Å². The Morgan fingerprint density at radius 1 is 1.27 bits per heavy atom. The van der Waals surface area contributed by atoms with Gasteiger partial charge in [-0.1, -0.05) is 6.42 Å². The number of rotatable bonds is 3. The number of aromatic nitrogens is 2. The van der Waals surface area contributed by atoms with E-state index in [1.807, 2.05) is 29.1 Å². The molecule has 142 valence electrons. The van der Waals surface area contributed by atoms with Crippen LogP contribution in [0.15, 0.2) is 24.4 Å². The molecular formula is C20H29ClN4O. The van der Waals surface area contributed by atoms with E-state index in [1.165, 1.54) is 19.3 Å². The van der Waals surface area contributed by atoms with Crippen LogP contribution < -0.4 is 11.1 Å². The van der Waals surface area contributed by atoms with Crippen LogP contribution in [0.25, 0.3) is 10.9 Å². The molecule has 0 aliphatic heterocycles. The normalized spacial score (nSPS) is 28.0. The SMILES string of the molecule is CC(C)n1cc2cc(NC(=O)C3CC4CCCC(C3)C4N)ccc2n1.Cl. The van der Waals surface area contributed by atoms with Crippen LogP contribution in [0.5, 0.6) is 0 Å². The van der Waals surface area contributed by atoms with Crippen LogP contribution in [0, 0.1) is 17.8 Å². The molecule has 0 radical (unpaired) electrons. The van der Waals surface area contributed by atoms with Crippen LogP contribution >= 0.6 is 12.4 Å². The van der Waals surface area contributed by atoms with Crippen molar-refractivity contribution in [1.82, 2.24) is 9.78 Å². The lowest BCUT2D eigenvalue weighted by molar-refractivity contribution is -0.122. The lowest BCUT2D eigenvalue weighted by Gasteiger charge is -2.43. The summed E-state index contributed by atoms with van der Waals surface area (Å²) in [7, 11) is 0. The molecule has 2 saturated carbocycles. The minimum Gasteiger partial charge on any atom is -0.327 e. The van der Waals surface area contributed by atoms with Gasteiger partial charge in [0.25, 0.3) is 0 Å². The monoisotopic (exact) mass is 376 g/mol. The molecule has 2 fully saturated rings. The highest BCUT2D eigenvalue weighted by atomic mass is 35.5. The number of carbonyl (C=O) groups excluding carboxylic acids is 1. The standard InChI is InChI=1S/C20H28N4O.ClH/c1-12(2)24-11-16-10-17(6-7-18(16)23-24)22-20(25)15-8-13-4-3-5-14(9-15)19(13)21;/h6-7,10-15,19H,3-5,8-9,21H2,1-2H3,(H,22,25);1H. The molecular weight excluding hydrogens is 348 g/mol. The summed E-state index contributed by atoms with van der Waals surface area (Å²) >= 11 is 0. The molecule has 1 aromatic carbocycles. The fourth-order valence-electron chi connectivity index (χ4n) is 4.63. The molecule has 1 heterocycles. The summed E-state index contributed by atoms with van der Waals surface area (Å²) in [5.74, 6) is 1.30. The third-order valence-electron chi connectivity index (χ3n) is 6.10. The molecule has 2 unspecified atom stereocenters. The Morgan fingerprint density at radius 2 is 1.96 bits per heavy atom. The molecule has 1 amide bonds. The zero-order valence-corrected chi connectivity index (χ0v) is 16.3. The maximum Gasteiger partial charge on any atom is 0.227 e. The molecule has 4 rings (SSSR count). The topological polar surface area (TPSA) is 72.9 Å². The third-order valence-corrected chi connectivity index (χ3v) is 6.10. The van der Waals surface area contributed by atoms with Gasteiger partial charge in [-0.2, -0.15) is 5.10 Å². The van der Waals surface area contributed by atoms with Crippen molar-refractivity contribution in [3.05, 3.63) is 24.4 Å². The van der Waals surface area contributed by atoms with Crippen molar-refractivity contribution in [3.8, 4) is 0 Å². The van der Waals surface area contributed by atoms with E-state index in [0.29, 0.717) is 23.9 Å². The Balaban J connectivity index is 0.00000196. The van der Waals surface area contributed by atoms with E-state index in [2.05, 4.69) is 24.3 Å². The lowest BCUT2D eigenvalue weighted by Crippen LogP contribution is -2.48. The maximum absolute atomic E-state index is 12.8. The predicted molar refractivity (Wildman–Crippen MR) is 108 cm³/mol. The molecule has 3 N–H and O–H groups in total. The molecule has 0 saturated heterocycles. The molecule has 2 bridgehead atoms. The smallest absolute Gasteiger partial charge is 0.227 e. The first-order valence-electron chi connectivity index (χ1n) is 9.56. The van der Waals surface area contributed by atoms with Crippen molar-refractivity contribution in [2.24, 2.45) is 23.5 Å². The van der Waals surface area contributed by atoms with E-state index < -0.39 is 0 Å². The summed E-state index contributed by atoms with van der Waals surface area (Å²) in [6.07, 6.45) is 7.56. The van der Waals surface area contributed by atoms with Gasteiger partial charge in [-0.15, -0.1) is 12.4 Å². The van der Waals surface area contributed by atoms with E-state index in [4.69, 9.17) is 5.73 Å². The molecule has 0 spiro atoms. The molecule has 2 atom stereocenters. The second kappa shape index (κ2) is 7.57. The molecule has 5 nitrogen and oxygen atoms in total. The van der Waals surface area contributed by atoms with Gasteiger partial charge >= 0.3 is 0 Å². The average Bonchev–Trinajstić information content (AvgIpc) is 2.98. The minimum atomic E-state index is 0. The zero-order chi connectivity index (χ0) is 17.6. The van der Waals surface area contributed by atoms with Crippen molar-refractivity contribution in [2.45, 2.75) is 58.0 Å². The van der Waals surface area contributed by atoms with Crippen molar-refractivity contribution in [3.63, 3.8) is 0 Å². The summed E-state index contributed by atoms with van der Waals surface area (Å²) in [6.45, 7) is 4.22. The first-order valence-corrected chi connectivity index (χ1v) is 9.56. The summed E-state index contributed by atoms with van der Waals surface area (Å²) in [5.41, 5.74) is 8.17. The number of benzene rings is 1. The summed E-state index contributed by atoms with van der Waals surface area (Å²) in [6, 6.07) is 6.59. The van der Waals surface area contributed by atoms with Crippen LogP contribution in [-0.4, -0.2) is 21.7 Å². The number of hydrogen-bond donors (Lipinski definition) is 2. The molecule has 6 heteroatoms. The zero-order valence-electron chi connectivity index (χ0n) is 15.5. The van der Waals surface area contributed by atoms with Crippen LogP contribution in [-0.2, 0) is 4.79 Å². The third kappa shape index (κ3) is 3.60. The van der Waals surface area contributed by atoms with E-state index in [-0.39, 0.29) is 24.2 Å². The highest BCUT2D eigenvalue weighted by Gasteiger charge is 2.40. The first-order chi connectivity index (χ1) is 12.0. The van der Waals surface area contributed by atoms with Gasteiger partial charge in [0.15, 0.2) is 0 Å². The van der Waals surface area contributed by atoms with Crippen molar-refractivity contribution in [2.75, 3.05) is 5.32 Å². The van der Waals surface area contributed by atoms with Gasteiger partial charge in [0.05, 0.1) is 5.52 Å². The molecule has 2 aliphatic carbocycles. The van der Waals surface area contributed by atoms with E-state index in [1.54, 1.807) is 0 Å². The van der Waals surface area contributed by atoms with Gasteiger partial charge in [-0.25, -0.2) is 0 Å². The Hall–Kier alpha value is -1.59. The summed E-state index contributed by atoms with van der Waals surface area (Å²) in [4.78, 5) is 12.8. The Labute approximate surface area is 161 Å². The Morgan fingerprint density at radius 3 is 2.62 bits per heavy atom. The summed E-state index contributed by atoms with van der Waals surface area (Å²) in [5, 5.41) is 8.75. The van der Waals surface area contributed by atoms with Gasteiger partial charge in [-0.05, 0) is 69.6 Å². The minimum absolute atomic E-state index is 0. The molecule has 26 heavy (non-hydrogen) atoms. The highest BCUT2D eigenvalue weighted by molar-refractivity contribution is 5.95. The highest BCUT2D eigenvalue weighted by Crippen LogP contribution is 2.42. The fraction of sp³-hybridized carbons (Fsp3) is 0.600. The second-order valence-electron chi connectivity index (χ2n) is 8.16. The first kappa shape index (κ1) is 19.2. The number of nitrogens with two attached hydrogens (primary N) is 1. The predicted octanol–water partition coefficient (Wildman–Crippen LogP) is 4.13. The molecule has 2 aromatic rings. The Bertz CT molecular complexity index is 773. The van der Waals surface area contributed by atoms with Gasteiger partial charge in [0, 0.05) is 35.3 Å².